The van der Waals surface area contributed by atoms with Gasteiger partial charge in [-0.05, 0) is 59.1 Å². The maximum absolute atomic E-state index is 5.84. The van der Waals surface area contributed by atoms with Crippen LogP contribution in [0, 0.1) is 13.8 Å². The van der Waals surface area contributed by atoms with Crippen molar-refractivity contribution in [1.82, 2.24) is 0 Å². The number of benzene rings is 1. The third-order valence-electron chi connectivity index (χ3n) is 2.56. The Morgan fingerprint density at radius 2 is 2.00 bits per heavy atom. The highest BCUT2D eigenvalue weighted by atomic mass is 79.9. The van der Waals surface area contributed by atoms with E-state index < -0.39 is 0 Å². The smallest absolute Gasteiger partial charge is 0.123 e. The molecule has 0 aliphatic carbocycles. The van der Waals surface area contributed by atoms with E-state index in [-0.39, 0.29) is 0 Å². The largest absolute Gasteiger partial charge is 0.488 e. The highest BCUT2D eigenvalue weighted by Gasteiger charge is 2.05. The molecule has 1 aromatic heterocycles. The Hall–Kier alpha value is -1.00. The van der Waals surface area contributed by atoms with Gasteiger partial charge in [-0.15, -0.1) is 11.3 Å². The van der Waals surface area contributed by atoms with E-state index in [1.54, 1.807) is 11.3 Å². The summed E-state index contributed by atoms with van der Waals surface area (Å²) in [6.45, 7) is 4.60. The van der Waals surface area contributed by atoms with Gasteiger partial charge in [-0.25, -0.2) is 0 Å². The summed E-state index contributed by atoms with van der Waals surface area (Å²) in [7, 11) is 0. The number of rotatable bonds is 3. The van der Waals surface area contributed by atoms with Gasteiger partial charge in [0.15, 0.2) is 0 Å². The van der Waals surface area contributed by atoms with Gasteiger partial charge in [0.25, 0.3) is 0 Å². The van der Waals surface area contributed by atoms with Gasteiger partial charge in [0.05, 0.1) is 0 Å². The molecule has 0 aliphatic rings. The summed E-state index contributed by atoms with van der Waals surface area (Å²) in [6, 6.07) is 6.02. The summed E-state index contributed by atoms with van der Waals surface area (Å²) in [5.41, 5.74) is 8.78. The van der Waals surface area contributed by atoms with Crippen LogP contribution < -0.4 is 10.5 Å². The van der Waals surface area contributed by atoms with E-state index in [9.17, 15) is 0 Å². The molecular weight excluding hydrogens is 298 g/mol. The predicted molar refractivity (Wildman–Crippen MR) is 76.7 cm³/mol. The number of hydrogen-bond acceptors (Lipinski definition) is 3. The van der Waals surface area contributed by atoms with Crippen LogP contribution in [0.4, 0.5) is 5.69 Å². The maximum atomic E-state index is 5.84. The van der Waals surface area contributed by atoms with Gasteiger partial charge < -0.3 is 10.5 Å². The first-order chi connectivity index (χ1) is 8.06. The van der Waals surface area contributed by atoms with Gasteiger partial charge in [-0.2, -0.15) is 0 Å². The van der Waals surface area contributed by atoms with E-state index >= 15 is 0 Å². The zero-order chi connectivity index (χ0) is 12.4. The molecule has 4 heteroatoms. The van der Waals surface area contributed by atoms with Crippen molar-refractivity contribution >= 4 is 33.0 Å². The minimum Gasteiger partial charge on any atom is -0.488 e. The predicted octanol–water partition coefficient (Wildman–Crippen LogP) is 4.29. The van der Waals surface area contributed by atoms with Crippen molar-refractivity contribution in [2.45, 2.75) is 20.5 Å². The van der Waals surface area contributed by atoms with Crippen LogP contribution in [0.3, 0.4) is 0 Å². The molecule has 1 aromatic carbocycles. The Bertz CT molecular complexity index is 536. The van der Waals surface area contributed by atoms with Gasteiger partial charge in [-0.3, -0.25) is 0 Å². The summed E-state index contributed by atoms with van der Waals surface area (Å²) in [5.74, 6) is 0.904. The van der Waals surface area contributed by atoms with Gasteiger partial charge in [0, 0.05) is 20.4 Å². The monoisotopic (exact) mass is 311 g/mol. The lowest BCUT2D eigenvalue weighted by atomic mass is 10.1. The molecule has 0 spiro atoms. The quantitative estimate of drug-likeness (QED) is 0.858. The fourth-order valence-electron chi connectivity index (χ4n) is 1.55. The third kappa shape index (κ3) is 3.01. The van der Waals surface area contributed by atoms with E-state index in [0.717, 1.165) is 27.0 Å². The number of nitrogen functional groups attached to an aromatic ring is 1. The van der Waals surface area contributed by atoms with Crippen molar-refractivity contribution in [2.24, 2.45) is 0 Å². The van der Waals surface area contributed by atoms with E-state index in [2.05, 4.69) is 27.4 Å². The second-order valence-corrected chi connectivity index (χ2v) is 5.91. The van der Waals surface area contributed by atoms with Crippen LogP contribution in [0.25, 0.3) is 0 Å². The molecule has 90 valence electrons. The highest BCUT2D eigenvalue weighted by molar-refractivity contribution is 9.10. The first-order valence-electron chi connectivity index (χ1n) is 5.28. The van der Waals surface area contributed by atoms with Gasteiger partial charge in [-0.1, -0.05) is 0 Å². The van der Waals surface area contributed by atoms with Crippen LogP contribution >= 0.6 is 27.3 Å². The molecule has 0 saturated heterocycles. The number of aryl methyl sites for hydroxylation is 2. The van der Waals surface area contributed by atoms with Crippen LogP contribution in [0.2, 0.25) is 0 Å². The molecule has 0 saturated carbocycles. The minimum atomic E-state index is 0.598. The molecule has 0 bridgehead atoms. The average molecular weight is 312 g/mol. The van der Waals surface area contributed by atoms with Gasteiger partial charge in [0.1, 0.15) is 12.4 Å². The number of ether oxygens (including phenoxy) is 1. The first kappa shape index (κ1) is 12.5. The molecule has 17 heavy (non-hydrogen) atoms. The zero-order valence-electron chi connectivity index (χ0n) is 9.79. The molecule has 0 aliphatic heterocycles. The molecular formula is C13H14BrNOS. The fourth-order valence-corrected chi connectivity index (χ4v) is 2.91. The summed E-state index contributed by atoms with van der Waals surface area (Å²) in [5, 5.41) is 2.06. The number of hydrogen-bond donors (Lipinski definition) is 1. The summed E-state index contributed by atoms with van der Waals surface area (Å²) < 4.78 is 6.91. The van der Waals surface area contributed by atoms with E-state index in [4.69, 9.17) is 10.5 Å². The molecule has 2 rings (SSSR count). The Labute approximate surface area is 114 Å². The molecule has 2 aromatic rings. The molecule has 0 radical (unpaired) electrons. The standard InChI is InChI=1S/C13H14BrNOS/c1-8-4-13(9(2)3-12(8)15)16-6-11-5-10(14)7-17-11/h3-5,7H,6,15H2,1-2H3. The lowest BCUT2D eigenvalue weighted by molar-refractivity contribution is 0.307. The second-order valence-electron chi connectivity index (χ2n) is 3.99. The van der Waals surface area contributed by atoms with Crippen molar-refractivity contribution in [1.29, 1.82) is 0 Å². The normalized spacial score (nSPS) is 10.5. The second kappa shape index (κ2) is 5.10. The summed E-state index contributed by atoms with van der Waals surface area (Å²) >= 11 is 5.12. The highest BCUT2D eigenvalue weighted by Crippen LogP contribution is 2.26. The lowest BCUT2D eigenvalue weighted by Crippen LogP contribution is -1.98. The molecule has 0 fully saturated rings. The van der Waals surface area contributed by atoms with Crippen LogP contribution in [0.15, 0.2) is 28.1 Å². The molecule has 0 amide bonds. The minimum absolute atomic E-state index is 0.598. The van der Waals surface area contributed by atoms with Crippen LogP contribution in [0.1, 0.15) is 16.0 Å². The molecule has 2 nitrogen and oxygen atoms in total. The van der Waals surface area contributed by atoms with E-state index in [1.165, 1.54) is 4.88 Å². The van der Waals surface area contributed by atoms with Crippen LogP contribution in [-0.2, 0) is 6.61 Å². The van der Waals surface area contributed by atoms with Crippen molar-refractivity contribution in [3.05, 3.63) is 44.1 Å². The Kier molecular flexibility index (Phi) is 3.74. The van der Waals surface area contributed by atoms with Gasteiger partial charge in [0.2, 0.25) is 0 Å². The van der Waals surface area contributed by atoms with E-state index in [0.29, 0.717) is 6.61 Å². The van der Waals surface area contributed by atoms with Crippen molar-refractivity contribution < 1.29 is 4.74 Å². The summed E-state index contributed by atoms with van der Waals surface area (Å²) in [4.78, 5) is 1.20. The van der Waals surface area contributed by atoms with Gasteiger partial charge >= 0.3 is 0 Å². The average Bonchev–Trinajstić information content (AvgIpc) is 2.68. The SMILES string of the molecule is Cc1cc(OCc2cc(Br)cs2)c(C)cc1N. The number of anilines is 1. The third-order valence-corrected chi connectivity index (χ3v) is 4.23. The molecule has 1 heterocycles. The van der Waals surface area contributed by atoms with Crippen LogP contribution in [-0.4, -0.2) is 0 Å². The molecule has 2 N–H and O–H groups in total. The number of halogens is 1. The Morgan fingerprint density at radius 1 is 1.24 bits per heavy atom. The van der Waals surface area contributed by atoms with E-state index in [1.807, 2.05) is 26.0 Å². The topological polar surface area (TPSA) is 35.2 Å². The number of nitrogens with two attached hydrogens (primary N) is 1. The zero-order valence-corrected chi connectivity index (χ0v) is 12.2. The molecule has 0 atom stereocenters. The first-order valence-corrected chi connectivity index (χ1v) is 6.96. The lowest BCUT2D eigenvalue weighted by Gasteiger charge is -2.10. The maximum Gasteiger partial charge on any atom is 0.123 e. The fraction of sp³-hybridized carbons (Fsp3) is 0.231. The Balaban J connectivity index is 2.11. The van der Waals surface area contributed by atoms with Crippen molar-refractivity contribution in [3.8, 4) is 5.75 Å². The van der Waals surface area contributed by atoms with Crippen molar-refractivity contribution in [3.63, 3.8) is 0 Å². The summed E-state index contributed by atoms with van der Waals surface area (Å²) in [6.07, 6.45) is 0. The van der Waals surface area contributed by atoms with Crippen molar-refractivity contribution in [2.75, 3.05) is 5.73 Å². The molecule has 0 unspecified atom stereocenters. The van der Waals surface area contributed by atoms with Crippen LogP contribution in [0.5, 0.6) is 5.75 Å². The number of thiophene rings is 1. The Morgan fingerprint density at radius 3 is 2.65 bits per heavy atom.